The maximum Gasteiger partial charge on any atom is 0.0101 e. The molecule has 0 aliphatic heterocycles. The third-order valence-electron chi connectivity index (χ3n) is 2.69. The molecule has 0 fully saturated rings. The number of hydrogen-bond acceptors (Lipinski definition) is 1. The summed E-state index contributed by atoms with van der Waals surface area (Å²) in [7, 11) is 0. The van der Waals surface area contributed by atoms with Gasteiger partial charge in [-0.05, 0) is 42.7 Å². The lowest BCUT2D eigenvalue weighted by Gasteiger charge is -2.14. The van der Waals surface area contributed by atoms with Gasteiger partial charge in [-0.25, -0.2) is 0 Å². The molecule has 0 saturated carbocycles. The first-order valence-corrected chi connectivity index (χ1v) is 6.06. The Morgan fingerprint density at radius 3 is 2.62 bits per heavy atom. The average molecular weight is 194 g/mol. The predicted molar refractivity (Wildman–Crippen MR) is 61.7 cm³/mol. The molecule has 1 atom stereocenters. The van der Waals surface area contributed by atoms with E-state index in [1.165, 1.54) is 22.4 Å². The van der Waals surface area contributed by atoms with Crippen molar-refractivity contribution in [3.63, 3.8) is 0 Å². The fourth-order valence-corrected chi connectivity index (χ4v) is 2.25. The molecule has 0 N–H and O–H groups in total. The van der Waals surface area contributed by atoms with Crippen molar-refractivity contribution in [1.82, 2.24) is 0 Å². The van der Waals surface area contributed by atoms with Crippen molar-refractivity contribution >= 4 is 11.8 Å². The molecule has 0 amide bonds. The first-order chi connectivity index (χ1) is 6.20. The van der Waals surface area contributed by atoms with E-state index in [-0.39, 0.29) is 0 Å². The zero-order chi connectivity index (χ0) is 9.84. The van der Waals surface area contributed by atoms with Crippen molar-refractivity contribution in [2.75, 3.05) is 6.26 Å². The third-order valence-corrected chi connectivity index (χ3v) is 3.57. The third kappa shape index (κ3) is 2.28. The normalized spacial score (nSPS) is 12.9. The van der Waals surface area contributed by atoms with Gasteiger partial charge in [0, 0.05) is 4.90 Å². The summed E-state index contributed by atoms with van der Waals surface area (Å²) in [6.45, 7) is 6.77. The Morgan fingerprint density at radius 2 is 2.08 bits per heavy atom. The minimum atomic E-state index is 0.687. The van der Waals surface area contributed by atoms with Gasteiger partial charge in [0.05, 0.1) is 0 Å². The SMILES string of the molecule is CCC(C)c1cccc(SC)c1C. The van der Waals surface area contributed by atoms with Gasteiger partial charge in [-0.2, -0.15) is 0 Å². The maximum atomic E-state index is 2.30. The molecule has 1 heteroatoms. The summed E-state index contributed by atoms with van der Waals surface area (Å²) >= 11 is 1.84. The molecule has 1 aromatic rings. The number of thioether (sulfide) groups is 1. The first-order valence-electron chi connectivity index (χ1n) is 4.84. The number of benzene rings is 1. The summed E-state index contributed by atoms with van der Waals surface area (Å²) < 4.78 is 0. The zero-order valence-electron chi connectivity index (χ0n) is 8.92. The van der Waals surface area contributed by atoms with Crippen molar-refractivity contribution in [2.45, 2.75) is 38.0 Å². The van der Waals surface area contributed by atoms with Crippen LogP contribution < -0.4 is 0 Å². The highest BCUT2D eigenvalue weighted by Gasteiger charge is 2.08. The highest BCUT2D eigenvalue weighted by atomic mass is 32.2. The lowest BCUT2D eigenvalue weighted by atomic mass is 9.94. The van der Waals surface area contributed by atoms with E-state index in [1.807, 2.05) is 11.8 Å². The predicted octanol–water partition coefficient (Wildman–Crippen LogP) is 4.23. The second-order valence-corrected chi connectivity index (χ2v) is 4.33. The molecular weight excluding hydrogens is 176 g/mol. The smallest absolute Gasteiger partial charge is 0.0101 e. The van der Waals surface area contributed by atoms with Crippen molar-refractivity contribution < 1.29 is 0 Å². The van der Waals surface area contributed by atoms with Gasteiger partial charge in [0.25, 0.3) is 0 Å². The highest BCUT2D eigenvalue weighted by Crippen LogP contribution is 2.28. The van der Waals surface area contributed by atoms with E-state index in [2.05, 4.69) is 45.2 Å². The lowest BCUT2D eigenvalue weighted by Crippen LogP contribution is -1.95. The van der Waals surface area contributed by atoms with Gasteiger partial charge in [0.2, 0.25) is 0 Å². The second kappa shape index (κ2) is 4.71. The van der Waals surface area contributed by atoms with E-state index in [9.17, 15) is 0 Å². The molecule has 0 aliphatic rings. The van der Waals surface area contributed by atoms with Crippen molar-refractivity contribution in [3.8, 4) is 0 Å². The summed E-state index contributed by atoms with van der Waals surface area (Å²) in [4.78, 5) is 1.41. The fraction of sp³-hybridized carbons (Fsp3) is 0.500. The highest BCUT2D eigenvalue weighted by molar-refractivity contribution is 7.98. The molecule has 13 heavy (non-hydrogen) atoms. The number of rotatable bonds is 3. The molecule has 1 rings (SSSR count). The fourth-order valence-electron chi connectivity index (χ4n) is 1.61. The van der Waals surface area contributed by atoms with Crippen LogP contribution in [0.1, 0.15) is 37.3 Å². The molecule has 1 aromatic carbocycles. The Balaban J connectivity index is 3.08. The van der Waals surface area contributed by atoms with Crippen LogP contribution in [0, 0.1) is 6.92 Å². The van der Waals surface area contributed by atoms with Crippen LogP contribution in [0.5, 0.6) is 0 Å². The summed E-state index contributed by atoms with van der Waals surface area (Å²) in [6.07, 6.45) is 3.36. The van der Waals surface area contributed by atoms with E-state index in [4.69, 9.17) is 0 Å². The van der Waals surface area contributed by atoms with Crippen LogP contribution >= 0.6 is 11.8 Å². The van der Waals surface area contributed by atoms with Crippen LogP contribution in [-0.4, -0.2) is 6.26 Å². The molecule has 0 heterocycles. The molecule has 0 bridgehead atoms. The van der Waals surface area contributed by atoms with Crippen LogP contribution in [0.25, 0.3) is 0 Å². The van der Waals surface area contributed by atoms with E-state index in [0.717, 1.165) is 0 Å². The summed E-state index contributed by atoms with van der Waals surface area (Å²) in [5, 5.41) is 0. The van der Waals surface area contributed by atoms with Crippen molar-refractivity contribution in [3.05, 3.63) is 29.3 Å². The van der Waals surface area contributed by atoms with Crippen molar-refractivity contribution in [1.29, 1.82) is 0 Å². The largest absolute Gasteiger partial charge is 0.129 e. The summed E-state index contributed by atoms with van der Waals surface area (Å²) in [5.41, 5.74) is 2.97. The van der Waals surface area contributed by atoms with Crippen LogP contribution in [0.2, 0.25) is 0 Å². The Kier molecular flexibility index (Phi) is 3.86. The molecule has 0 spiro atoms. The van der Waals surface area contributed by atoms with Gasteiger partial charge in [-0.1, -0.05) is 26.0 Å². The topological polar surface area (TPSA) is 0 Å². The zero-order valence-corrected chi connectivity index (χ0v) is 9.74. The van der Waals surface area contributed by atoms with Gasteiger partial charge < -0.3 is 0 Å². The van der Waals surface area contributed by atoms with E-state index in [1.54, 1.807) is 0 Å². The second-order valence-electron chi connectivity index (χ2n) is 3.48. The molecule has 72 valence electrons. The maximum absolute atomic E-state index is 2.30. The molecular formula is C12H18S. The van der Waals surface area contributed by atoms with Crippen LogP contribution in [0.4, 0.5) is 0 Å². The minimum absolute atomic E-state index is 0.687. The quantitative estimate of drug-likeness (QED) is 0.649. The summed E-state index contributed by atoms with van der Waals surface area (Å²) in [5.74, 6) is 0.687. The van der Waals surface area contributed by atoms with Crippen LogP contribution in [0.15, 0.2) is 23.1 Å². The Labute approximate surface area is 85.7 Å². The Hall–Kier alpha value is -0.430. The van der Waals surface area contributed by atoms with E-state index >= 15 is 0 Å². The van der Waals surface area contributed by atoms with Gasteiger partial charge in [0.15, 0.2) is 0 Å². The summed E-state index contributed by atoms with van der Waals surface area (Å²) in [6, 6.07) is 6.62. The lowest BCUT2D eigenvalue weighted by molar-refractivity contribution is 0.725. The van der Waals surface area contributed by atoms with Crippen LogP contribution in [0.3, 0.4) is 0 Å². The van der Waals surface area contributed by atoms with E-state index < -0.39 is 0 Å². The van der Waals surface area contributed by atoms with Gasteiger partial charge >= 0.3 is 0 Å². The molecule has 1 unspecified atom stereocenters. The van der Waals surface area contributed by atoms with Crippen molar-refractivity contribution in [2.24, 2.45) is 0 Å². The molecule has 0 nitrogen and oxygen atoms in total. The standard InChI is InChI=1S/C12H18S/c1-5-9(2)11-7-6-8-12(13-4)10(11)3/h6-9H,5H2,1-4H3. The molecule has 0 aliphatic carbocycles. The minimum Gasteiger partial charge on any atom is -0.129 e. The van der Waals surface area contributed by atoms with Crippen LogP contribution in [-0.2, 0) is 0 Å². The monoisotopic (exact) mass is 194 g/mol. The van der Waals surface area contributed by atoms with E-state index in [0.29, 0.717) is 5.92 Å². The first kappa shape index (κ1) is 10.6. The number of hydrogen-bond donors (Lipinski definition) is 0. The van der Waals surface area contributed by atoms with Gasteiger partial charge in [-0.3, -0.25) is 0 Å². The molecule has 0 aromatic heterocycles. The Morgan fingerprint density at radius 1 is 1.38 bits per heavy atom. The average Bonchev–Trinajstić information content (AvgIpc) is 2.17. The van der Waals surface area contributed by atoms with Gasteiger partial charge in [0.1, 0.15) is 0 Å². The molecule has 0 saturated heterocycles. The molecule has 0 radical (unpaired) electrons. The Bertz CT molecular complexity index is 278. The van der Waals surface area contributed by atoms with Gasteiger partial charge in [-0.15, -0.1) is 11.8 Å².